The van der Waals surface area contributed by atoms with Crippen LogP contribution in [0.1, 0.15) is 19.3 Å². The van der Waals surface area contributed by atoms with Crippen LogP contribution in [0.3, 0.4) is 0 Å². The second-order valence-electron chi connectivity index (χ2n) is 5.55. The number of piperazine rings is 1. The summed E-state index contributed by atoms with van der Waals surface area (Å²) in [5.74, 6) is 0. The van der Waals surface area contributed by atoms with E-state index < -0.39 is 0 Å². The molecule has 0 radical (unpaired) electrons. The third-order valence-electron chi connectivity index (χ3n) is 4.20. The summed E-state index contributed by atoms with van der Waals surface area (Å²) in [7, 11) is 0. The van der Waals surface area contributed by atoms with Crippen LogP contribution < -0.4 is 10.6 Å². The quantitative estimate of drug-likeness (QED) is 0.881. The van der Waals surface area contributed by atoms with E-state index in [-0.39, 0.29) is 0 Å². The second-order valence-corrected chi connectivity index (χ2v) is 5.55. The minimum atomic E-state index is 0.368. The molecule has 3 rings (SSSR count). The lowest BCUT2D eigenvalue weighted by Crippen LogP contribution is -2.46. The molecule has 0 amide bonds. The first kappa shape index (κ1) is 12.5. The lowest BCUT2D eigenvalue weighted by Gasteiger charge is -2.40. The van der Waals surface area contributed by atoms with Gasteiger partial charge in [0.15, 0.2) is 0 Å². The summed E-state index contributed by atoms with van der Waals surface area (Å²) in [5, 5.41) is 0. The van der Waals surface area contributed by atoms with E-state index >= 15 is 0 Å². The predicted octanol–water partition coefficient (Wildman–Crippen LogP) is 2.20. The molecule has 1 atom stereocenters. The van der Waals surface area contributed by atoms with Gasteiger partial charge in [-0.3, -0.25) is 0 Å². The topological polar surface area (TPSA) is 32.5 Å². The van der Waals surface area contributed by atoms with E-state index in [0.29, 0.717) is 6.04 Å². The molecule has 1 heterocycles. The number of hydrogen-bond donors (Lipinski definition) is 1. The molecule has 0 saturated carbocycles. The summed E-state index contributed by atoms with van der Waals surface area (Å²) in [6.45, 7) is 4.45. The van der Waals surface area contributed by atoms with Gasteiger partial charge in [0.1, 0.15) is 0 Å². The molecule has 1 aliphatic heterocycles. The highest BCUT2D eigenvalue weighted by Crippen LogP contribution is 2.23. The van der Waals surface area contributed by atoms with Crippen LogP contribution >= 0.6 is 0 Å². The summed E-state index contributed by atoms with van der Waals surface area (Å²) in [6, 6.07) is 11.1. The first-order valence-electron chi connectivity index (χ1n) is 7.32. The van der Waals surface area contributed by atoms with Crippen molar-refractivity contribution in [1.82, 2.24) is 4.90 Å². The summed E-state index contributed by atoms with van der Waals surface area (Å²) in [6.07, 6.45) is 5.75. The zero-order valence-electron chi connectivity index (χ0n) is 11.5. The SMILES string of the molecule is NC1CCC=C(N2CCN(c3ccccc3)CC2)C1. The van der Waals surface area contributed by atoms with Crippen molar-refractivity contribution in [2.45, 2.75) is 25.3 Å². The monoisotopic (exact) mass is 257 g/mol. The van der Waals surface area contributed by atoms with Crippen molar-refractivity contribution in [3.05, 3.63) is 42.1 Å². The third-order valence-corrected chi connectivity index (χ3v) is 4.20. The van der Waals surface area contributed by atoms with E-state index in [1.54, 1.807) is 0 Å². The van der Waals surface area contributed by atoms with Crippen LogP contribution in [0.15, 0.2) is 42.1 Å². The third kappa shape index (κ3) is 2.92. The van der Waals surface area contributed by atoms with E-state index in [9.17, 15) is 0 Å². The van der Waals surface area contributed by atoms with Gasteiger partial charge in [-0.2, -0.15) is 0 Å². The van der Waals surface area contributed by atoms with Gasteiger partial charge >= 0.3 is 0 Å². The van der Waals surface area contributed by atoms with Crippen LogP contribution in [0.25, 0.3) is 0 Å². The van der Waals surface area contributed by atoms with Gasteiger partial charge in [-0.1, -0.05) is 24.3 Å². The van der Waals surface area contributed by atoms with Gasteiger partial charge in [0.25, 0.3) is 0 Å². The lowest BCUT2D eigenvalue weighted by molar-refractivity contribution is 0.297. The molecule has 2 N–H and O–H groups in total. The molecule has 0 spiro atoms. The molecule has 0 bridgehead atoms. The first-order chi connectivity index (χ1) is 9.33. The minimum absolute atomic E-state index is 0.368. The van der Waals surface area contributed by atoms with Crippen LogP contribution in [0, 0.1) is 0 Å². The zero-order valence-corrected chi connectivity index (χ0v) is 11.5. The smallest absolute Gasteiger partial charge is 0.0367 e. The number of nitrogens with two attached hydrogens (primary N) is 1. The molecule has 1 saturated heterocycles. The molecular formula is C16H23N3. The van der Waals surface area contributed by atoms with Gasteiger partial charge in [-0.25, -0.2) is 0 Å². The lowest BCUT2D eigenvalue weighted by atomic mass is 9.98. The number of anilines is 1. The Morgan fingerprint density at radius 3 is 2.32 bits per heavy atom. The molecule has 1 unspecified atom stereocenters. The Kier molecular flexibility index (Phi) is 3.74. The number of para-hydroxylation sites is 1. The summed E-state index contributed by atoms with van der Waals surface area (Å²) >= 11 is 0. The number of benzene rings is 1. The van der Waals surface area contributed by atoms with Crippen molar-refractivity contribution in [2.24, 2.45) is 5.73 Å². The Morgan fingerprint density at radius 2 is 1.63 bits per heavy atom. The van der Waals surface area contributed by atoms with Crippen LogP contribution in [0.4, 0.5) is 5.69 Å². The van der Waals surface area contributed by atoms with Crippen LogP contribution in [0.5, 0.6) is 0 Å². The second kappa shape index (κ2) is 5.66. The maximum atomic E-state index is 6.07. The van der Waals surface area contributed by atoms with Gasteiger partial charge < -0.3 is 15.5 Å². The Bertz CT molecular complexity index is 433. The number of hydrogen-bond acceptors (Lipinski definition) is 3. The van der Waals surface area contributed by atoms with Crippen LogP contribution in [0.2, 0.25) is 0 Å². The average Bonchev–Trinajstić information content (AvgIpc) is 2.48. The largest absolute Gasteiger partial charge is 0.371 e. The molecular weight excluding hydrogens is 234 g/mol. The minimum Gasteiger partial charge on any atom is -0.371 e. The van der Waals surface area contributed by atoms with Gasteiger partial charge in [0, 0.05) is 50.0 Å². The van der Waals surface area contributed by atoms with Crippen molar-refractivity contribution in [3.63, 3.8) is 0 Å². The molecule has 3 heteroatoms. The van der Waals surface area contributed by atoms with Gasteiger partial charge in [-0.05, 0) is 25.0 Å². The maximum absolute atomic E-state index is 6.07. The molecule has 1 aromatic rings. The highest BCUT2D eigenvalue weighted by Gasteiger charge is 2.21. The Hall–Kier alpha value is -1.48. The Balaban J connectivity index is 1.59. The number of rotatable bonds is 2. The van der Waals surface area contributed by atoms with E-state index in [1.807, 2.05) is 0 Å². The van der Waals surface area contributed by atoms with Gasteiger partial charge in [-0.15, -0.1) is 0 Å². The van der Waals surface area contributed by atoms with Crippen molar-refractivity contribution >= 4 is 5.69 Å². The summed E-state index contributed by atoms with van der Waals surface area (Å²) < 4.78 is 0. The molecule has 1 fully saturated rings. The van der Waals surface area contributed by atoms with Crippen LogP contribution in [-0.2, 0) is 0 Å². The summed E-state index contributed by atoms with van der Waals surface area (Å²) in [4.78, 5) is 5.00. The number of nitrogens with zero attached hydrogens (tertiary/aromatic N) is 2. The molecule has 3 nitrogen and oxygen atoms in total. The highest BCUT2D eigenvalue weighted by atomic mass is 15.3. The molecule has 1 aliphatic carbocycles. The van der Waals surface area contributed by atoms with Crippen LogP contribution in [-0.4, -0.2) is 37.1 Å². The fourth-order valence-corrected chi connectivity index (χ4v) is 3.07. The van der Waals surface area contributed by atoms with Gasteiger partial charge in [0.05, 0.1) is 0 Å². The van der Waals surface area contributed by atoms with E-state index in [4.69, 9.17) is 5.73 Å². The van der Waals surface area contributed by atoms with Crippen molar-refractivity contribution < 1.29 is 0 Å². The molecule has 102 valence electrons. The Morgan fingerprint density at radius 1 is 0.947 bits per heavy atom. The van der Waals surface area contributed by atoms with E-state index in [2.05, 4.69) is 46.2 Å². The molecule has 1 aromatic carbocycles. The van der Waals surface area contributed by atoms with E-state index in [0.717, 1.165) is 45.4 Å². The number of allylic oxidation sites excluding steroid dienone is 1. The maximum Gasteiger partial charge on any atom is 0.0367 e. The predicted molar refractivity (Wildman–Crippen MR) is 80.1 cm³/mol. The molecule has 0 aromatic heterocycles. The normalized spacial score (nSPS) is 24.3. The van der Waals surface area contributed by atoms with Crippen molar-refractivity contribution in [3.8, 4) is 0 Å². The van der Waals surface area contributed by atoms with Gasteiger partial charge in [0.2, 0.25) is 0 Å². The van der Waals surface area contributed by atoms with E-state index in [1.165, 1.54) is 11.4 Å². The molecule has 19 heavy (non-hydrogen) atoms. The zero-order chi connectivity index (χ0) is 13.1. The first-order valence-corrected chi connectivity index (χ1v) is 7.32. The highest BCUT2D eigenvalue weighted by molar-refractivity contribution is 5.46. The van der Waals surface area contributed by atoms with Crippen molar-refractivity contribution in [1.29, 1.82) is 0 Å². The summed E-state index contributed by atoms with van der Waals surface area (Å²) in [5.41, 5.74) is 8.89. The standard InChI is InChI=1S/C16H23N3/c17-14-5-4-8-16(13-14)19-11-9-18(10-12-19)15-6-2-1-3-7-15/h1-3,6-8,14H,4-5,9-13,17H2. The fraction of sp³-hybridized carbons (Fsp3) is 0.500. The molecule has 2 aliphatic rings. The fourth-order valence-electron chi connectivity index (χ4n) is 3.07. The average molecular weight is 257 g/mol. The van der Waals surface area contributed by atoms with Crippen molar-refractivity contribution in [2.75, 3.05) is 31.1 Å². The Labute approximate surface area is 115 Å².